The fraction of sp³-hybridized carbons (Fsp3) is 0. The summed E-state index contributed by atoms with van der Waals surface area (Å²) < 4.78 is 59.2. The average molecular weight is 458 g/mol. The van der Waals surface area contributed by atoms with Crippen LogP contribution in [0.1, 0.15) is 0 Å². The summed E-state index contributed by atoms with van der Waals surface area (Å²) in [6.45, 7) is 0. The molecule has 0 amide bonds. The number of halogens is 8. The molecular formula is C11H9Cl2F6PRu. The van der Waals surface area contributed by atoms with Crippen molar-refractivity contribution in [2.75, 3.05) is 0 Å². The number of rotatable bonds is 0. The van der Waals surface area contributed by atoms with Gasteiger partial charge in [0.15, 0.2) is 0 Å². The van der Waals surface area contributed by atoms with Crippen molar-refractivity contribution >= 4 is 31.0 Å². The smallest absolute Gasteiger partial charge is 0.0767 e. The largest absolute Gasteiger partial charge is 1.00 e. The molecule has 1 aliphatic rings. The van der Waals surface area contributed by atoms with Crippen LogP contribution in [-0.4, -0.2) is 0 Å². The quantitative estimate of drug-likeness (QED) is 0.213. The van der Waals surface area contributed by atoms with Crippen LogP contribution in [0.5, 0.6) is 0 Å². The summed E-state index contributed by atoms with van der Waals surface area (Å²) in [5, 5.41) is 1.21. The van der Waals surface area contributed by atoms with E-state index in [1.165, 1.54) is 0 Å². The first-order valence-electron chi connectivity index (χ1n) is 4.89. The summed E-state index contributed by atoms with van der Waals surface area (Å²) in [7, 11) is -10.7. The third-order valence-electron chi connectivity index (χ3n) is 1.38. The van der Waals surface area contributed by atoms with E-state index < -0.39 is 7.81 Å². The number of benzene rings is 1. The predicted octanol–water partition coefficient (Wildman–Crippen LogP) is 7.69. The van der Waals surface area contributed by atoms with Crippen molar-refractivity contribution in [3.8, 4) is 0 Å². The molecule has 0 saturated carbocycles. The van der Waals surface area contributed by atoms with E-state index in [9.17, 15) is 25.2 Å². The van der Waals surface area contributed by atoms with Crippen LogP contribution >= 0.6 is 31.0 Å². The molecule has 0 unspecified atom stereocenters. The van der Waals surface area contributed by atoms with Crippen molar-refractivity contribution < 1.29 is 44.7 Å². The Labute approximate surface area is 140 Å². The molecule has 1 aliphatic carbocycles. The van der Waals surface area contributed by atoms with E-state index >= 15 is 0 Å². The zero-order chi connectivity index (χ0) is 15.9. The maximum absolute atomic E-state index is 10.7. The van der Waals surface area contributed by atoms with Crippen molar-refractivity contribution in [1.82, 2.24) is 0 Å². The molecule has 2 rings (SSSR count). The summed E-state index contributed by atoms with van der Waals surface area (Å²) >= 11 is 11.2. The summed E-state index contributed by atoms with van der Waals surface area (Å²) in [6.07, 6.45) is 10.0. The molecule has 122 valence electrons. The fourth-order valence-electron chi connectivity index (χ4n) is 0.760. The Morgan fingerprint density at radius 2 is 0.952 bits per heavy atom. The molecule has 0 spiro atoms. The standard InChI is InChI=1S/C6H4Cl2.C5H5.F6P.Ru/c7-5-3-1-2-4-6(5)8;1-2-4-5-3-1;1-7(2,3,4,5)6;/h1-4H;1-5H;;/q;;-1;+1. The second kappa shape index (κ2) is 7.96. The van der Waals surface area contributed by atoms with Gasteiger partial charge in [-0.25, -0.2) is 0 Å². The second-order valence-electron chi connectivity index (χ2n) is 3.33. The van der Waals surface area contributed by atoms with Gasteiger partial charge in [-0.2, -0.15) is 0 Å². The molecular weight excluding hydrogens is 449 g/mol. The minimum Gasteiger partial charge on any atom is -0.0767 e. The molecule has 0 N–H and O–H groups in total. The zero-order valence-corrected chi connectivity index (χ0v) is 14.2. The average Bonchev–Trinajstić information content (AvgIpc) is 2.76. The van der Waals surface area contributed by atoms with E-state index in [4.69, 9.17) is 23.2 Å². The molecule has 21 heavy (non-hydrogen) atoms. The van der Waals surface area contributed by atoms with Gasteiger partial charge < -0.3 is 0 Å². The third kappa shape index (κ3) is 25.2. The first kappa shape index (κ1) is 23.2. The van der Waals surface area contributed by atoms with Crippen LogP contribution in [-0.2, 0) is 19.5 Å². The van der Waals surface area contributed by atoms with E-state index in [-0.39, 0.29) is 19.5 Å². The van der Waals surface area contributed by atoms with E-state index in [2.05, 4.69) is 0 Å². The summed E-state index contributed by atoms with van der Waals surface area (Å²) in [4.78, 5) is 0. The van der Waals surface area contributed by atoms with Gasteiger partial charge in [0.2, 0.25) is 0 Å². The first-order valence-corrected chi connectivity index (χ1v) is 7.67. The molecule has 1 aromatic rings. The molecule has 0 heterocycles. The van der Waals surface area contributed by atoms with E-state index in [0.29, 0.717) is 10.0 Å². The maximum atomic E-state index is 9.87. The molecule has 0 aromatic heterocycles. The summed E-state index contributed by atoms with van der Waals surface area (Å²) in [6, 6.07) is 7.19. The Kier molecular flexibility index (Phi) is 8.79. The SMILES string of the molecule is Clc1ccccc1Cl.F[P-](F)(F)(F)(F)F.[CH]1C=CC=C1.[Ru+]. The Hall–Kier alpha value is -0.0866. The van der Waals surface area contributed by atoms with Gasteiger partial charge in [0.25, 0.3) is 0 Å². The molecule has 0 bridgehead atoms. The Morgan fingerprint density at radius 1 is 0.667 bits per heavy atom. The molecule has 0 aliphatic heterocycles. The van der Waals surface area contributed by atoms with Gasteiger partial charge in [-0.15, -0.1) is 0 Å². The van der Waals surface area contributed by atoms with Gasteiger partial charge >= 0.3 is 52.5 Å². The number of allylic oxidation sites excluding steroid dienone is 4. The van der Waals surface area contributed by atoms with Crippen molar-refractivity contribution in [2.45, 2.75) is 0 Å². The topological polar surface area (TPSA) is 0 Å². The van der Waals surface area contributed by atoms with Crippen molar-refractivity contribution in [3.05, 3.63) is 65.0 Å². The molecule has 0 atom stereocenters. The van der Waals surface area contributed by atoms with Gasteiger partial charge in [0, 0.05) is 6.42 Å². The Bertz CT molecular complexity index is 456. The van der Waals surface area contributed by atoms with Gasteiger partial charge in [0.1, 0.15) is 0 Å². The number of hydrogen-bond acceptors (Lipinski definition) is 0. The van der Waals surface area contributed by atoms with E-state index in [1.54, 1.807) is 12.1 Å². The van der Waals surface area contributed by atoms with Crippen LogP contribution in [0.2, 0.25) is 10.0 Å². The molecule has 1 aromatic carbocycles. The van der Waals surface area contributed by atoms with Gasteiger partial charge in [0.05, 0.1) is 10.0 Å². The normalized spacial score (nSPS) is 15.4. The number of hydrogen-bond donors (Lipinski definition) is 0. The minimum absolute atomic E-state index is 0. The molecule has 0 nitrogen and oxygen atoms in total. The van der Waals surface area contributed by atoms with Gasteiger partial charge in [-0.3, -0.25) is 0 Å². The van der Waals surface area contributed by atoms with Gasteiger partial charge in [-0.1, -0.05) is 59.6 Å². The molecule has 0 saturated heterocycles. The Morgan fingerprint density at radius 3 is 1.10 bits per heavy atom. The van der Waals surface area contributed by atoms with E-state index in [0.717, 1.165) is 0 Å². The van der Waals surface area contributed by atoms with E-state index in [1.807, 2.05) is 42.9 Å². The summed E-state index contributed by atoms with van der Waals surface area (Å²) in [5.41, 5.74) is 0. The van der Waals surface area contributed by atoms with Crippen LogP contribution in [0.4, 0.5) is 25.2 Å². The summed E-state index contributed by atoms with van der Waals surface area (Å²) in [5.74, 6) is 0. The minimum atomic E-state index is -10.7. The molecule has 2 radical (unpaired) electrons. The predicted molar refractivity (Wildman–Crippen MR) is 72.6 cm³/mol. The monoisotopic (exact) mass is 458 g/mol. The second-order valence-corrected chi connectivity index (χ2v) is 6.07. The van der Waals surface area contributed by atoms with Crippen LogP contribution in [0.3, 0.4) is 0 Å². The van der Waals surface area contributed by atoms with Crippen molar-refractivity contribution in [1.29, 1.82) is 0 Å². The van der Waals surface area contributed by atoms with Gasteiger partial charge in [-0.05, 0) is 12.1 Å². The Balaban J connectivity index is 0. The molecule has 10 heteroatoms. The van der Waals surface area contributed by atoms with Crippen LogP contribution in [0.25, 0.3) is 0 Å². The van der Waals surface area contributed by atoms with Crippen LogP contribution in [0.15, 0.2) is 48.6 Å². The fourth-order valence-corrected chi connectivity index (χ4v) is 1.03. The van der Waals surface area contributed by atoms with Crippen molar-refractivity contribution in [3.63, 3.8) is 0 Å². The van der Waals surface area contributed by atoms with Crippen molar-refractivity contribution in [2.24, 2.45) is 0 Å². The maximum Gasteiger partial charge on any atom is 1.00 e. The van der Waals surface area contributed by atoms with Crippen LogP contribution in [0, 0.1) is 6.42 Å². The van der Waals surface area contributed by atoms with Crippen LogP contribution < -0.4 is 0 Å². The molecule has 0 fully saturated rings. The zero-order valence-electron chi connectivity index (χ0n) is 10.0. The third-order valence-corrected chi connectivity index (χ3v) is 2.14. The first-order chi connectivity index (χ1) is 8.75.